The Morgan fingerprint density at radius 2 is 2.50 bits per heavy atom. The van der Waals surface area contributed by atoms with E-state index in [4.69, 9.17) is 0 Å². The Morgan fingerprint density at radius 1 is 1.80 bits per heavy atom. The number of rotatable bonds is 2. The van der Waals surface area contributed by atoms with Gasteiger partial charge in [0.15, 0.2) is 0 Å². The van der Waals surface area contributed by atoms with Crippen molar-refractivity contribution >= 4 is 14.0 Å². The molecule has 0 N–H and O–H groups in total. The summed E-state index contributed by atoms with van der Waals surface area (Å²) < 4.78 is 20.0. The van der Waals surface area contributed by atoms with E-state index in [-0.39, 0.29) is 24.7 Å². The van der Waals surface area contributed by atoms with Crippen molar-refractivity contribution < 1.29 is 18.6 Å². The summed E-state index contributed by atoms with van der Waals surface area (Å²) in [6.45, 7) is 0.238. The van der Waals surface area contributed by atoms with Crippen LogP contribution in [0, 0.1) is 0 Å². The van der Waals surface area contributed by atoms with Gasteiger partial charge in [-0.05, 0) is 4.57 Å². The highest BCUT2D eigenvalue weighted by atomic mass is 31.1. The van der Waals surface area contributed by atoms with E-state index in [0.29, 0.717) is 0 Å². The molecule has 0 amide bonds. The minimum atomic E-state index is -1.70. The SMILES string of the molecule is CO[P+](=O)C1COC(=O)C1. The molecule has 1 aliphatic heterocycles. The normalized spacial score (nSPS) is 26.3. The molecule has 0 aromatic rings. The molecule has 56 valence electrons. The topological polar surface area (TPSA) is 52.6 Å². The average molecular weight is 163 g/mol. The molecule has 2 atom stereocenters. The van der Waals surface area contributed by atoms with Crippen molar-refractivity contribution in [2.75, 3.05) is 13.7 Å². The van der Waals surface area contributed by atoms with E-state index >= 15 is 0 Å². The van der Waals surface area contributed by atoms with Crippen LogP contribution < -0.4 is 0 Å². The summed E-state index contributed by atoms with van der Waals surface area (Å²) in [7, 11) is -0.339. The van der Waals surface area contributed by atoms with Gasteiger partial charge < -0.3 is 4.74 Å². The lowest BCUT2D eigenvalue weighted by molar-refractivity contribution is -0.137. The third kappa shape index (κ3) is 1.52. The zero-order valence-corrected chi connectivity index (χ0v) is 6.47. The molecule has 1 fully saturated rings. The summed E-state index contributed by atoms with van der Waals surface area (Å²) in [6.07, 6.45) is 0.225. The van der Waals surface area contributed by atoms with Crippen LogP contribution in [0.1, 0.15) is 6.42 Å². The van der Waals surface area contributed by atoms with E-state index in [9.17, 15) is 9.36 Å². The lowest BCUT2D eigenvalue weighted by Gasteiger charge is -1.86. The van der Waals surface area contributed by atoms with Gasteiger partial charge in [-0.1, -0.05) is 0 Å². The summed E-state index contributed by atoms with van der Waals surface area (Å²) in [4.78, 5) is 10.5. The van der Waals surface area contributed by atoms with E-state index in [0.717, 1.165) is 0 Å². The van der Waals surface area contributed by atoms with Crippen LogP contribution in [0.4, 0.5) is 0 Å². The Labute approximate surface area is 59.4 Å². The fourth-order valence-corrected chi connectivity index (χ4v) is 1.58. The van der Waals surface area contributed by atoms with Gasteiger partial charge in [0.05, 0.1) is 13.5 Å². The Bertz CT molecular complexity index is 167. The smallest absolute Gasteiger partial charge is 0.461 e. The van der Waals surface area contributed by atoms with Gasteiger partial charge >= 0.3 is 14.0 Å². The average Bonchev–Trinajstić information content (AvgIpc) is 2.34. The molecule has 1 aliphatic rings. The molecule has 2 unspecified atom stereocenters. The summed E-state index contributed by atoms with van der Waals surface area (Å²) >= 11 is 0. The van der Waals surface area contributed by atoms with Crippen LogP contribution in [-0.4, -0.2) is 25.3 Å². The van der Waals surface area contributed by atoms with Crippen LogP contribution in [0.15, 0.2) is 0 Å². The third-order valence-electron chi connectivity index (χ3n) is 1.32. The van der Waals surface area contributed by atoms with Gasteiger partial charge in [-0.2, -0.15) is 0 Å². The van der Waals surface area contributed by atoms with Crippen molar-refractivity contribution in [3.63, 3.8) is 0 Å². The summed E-state index contributed by atoms with van der Waals surface area (Å²) in [5.74, 6) is -0.287. The molecular formula is C5H8O4P+. The third-order valence-corrected chi connectivity index (χ3v) is 2.60. The predicted molar refractivity (Wildman–Crippen MR) is 34.0 cm³/mol. The van der Waals surface area contributed by atoms with E-state index in [1.54, 1.807) is 0 Å². The lowest BCUT2D eigenvalue weighted by atomic mass is 10.4. The molecule has 5 heteroatoms. The maximum absolute atomic E-state index is 10.9. The second kappa shape index (κ2) is 3.08. The molecule has 1 saturated heterocycles. The molecular weight excluding hydrogens is 155 g/mol. The molecule has 0 aromatic heterocycles. The molecule has 0 aromatic carbocycles. The van der Waals surface area contributed by atoms with Crippen molar-refractivity contribution in [2.45, 2.75) is 12.1 Å². The van der Waals surface area contributed by atoms with Gasteiger partial charge in [0, 0.05) is 0 Å². The highest BCUT2D eigenvalue weighted by Gasteiger charge is 2.40. The highest BCUT2D eigenvalue weighted by molar-refractivity contribution is 7.40. The van der Waals surface area contributed by atoms with Crippen LogP contribution in [0.25, 0.3) is 0 Å². The van der Waals surface area contributed by atoms with Crippen LogP contribution in [0.3, 0.4) is 0 Å². The first kappa shape index (κ1) is 7.63. The van der Waals surface area contributed by atoms with Gasteiger partial charge in [-0.25, -0.2) is 0 Å². The minimum Gasteiger partial charge on any atom is -0.461 e. The molecule has 1 rings (SSSR count). The zero-order chi connectivity index (χ0) is 7.56. The van der Waals surface area contributed by atoms with Crippen molar-refractivity contribution in [1.29, 1.82) is 0 Å². The summed E-state index contributed by atoms with van der Waals surface area (Å²) in [5, 5.41) is 0. The van der Waals surface area contributed by atoms with E-state index in [1.165, 1.54) is 7.11 Å². The van der Waals surface area contributed by atoms with Gasteiger partial charge in [-0.15, -0.1) is 4.52 Å². The molecule has 0 spiro atoms. The largest absolute Gasteiger partial charge is 0.515 e. The van der Waals surface area contributed by atoms with Gasteiger partial charge in [0.1, 0.15) is 6.61 Å². The fourth-order valence-electron chi connectivity index (χ4n) is 0.784. The van der Waals surface area contributed by atoms with Crippen molar-refractivity contribution in [3.8, 4) is 0 Å². The van der Waals surface area contributed by atoms with Gasteiger partial charge in [0.25, 0.3) is 0 Å². The van der Waals surface area contributed by atoms with Crippen molar-refractivity contribution in [3.05, 3.63) is 0 Å². The number of cyclic esters (lactones) is 1. The Hall–Kier alpha value is -0.470. The first-order valence-corrected chi connectivity index (χ1v) is 4.15. The predicted octanol–water partition coefficient (Wildman–Crippen LogP) is 0.691. The van der Waals surface area contributed by atoms with Crippen LogP contribution in [0.5, 0.6) is 0 Å². The maximum Gasteiger partial charge on any atom is 0.515 e. The van der Waals surface area contributed by atoms with Gasteiger partial charge in [0.2, 0.25) is 5.66 Å². The van der Waals surface area contributed by atoms with E-state index in [2.05, 4.69) is 9.26 Å². The van der Waals surface area contributed by atoms with Crippen molar-refractivity contribution in [2.24, 2.45) is 0 Å². The Kier molecular flexibility index (Phi) is 2.35. The molecule has 1 heterocycles. The molecule has 0 radical (unpaired) electrons. The number of hydrogen-bond acceptors (Lipinski definition) is 4. The second-order valence-electron chi connectivity index (χ2n) is 2.01. The van der Waals surface area contributed by atoms with E-state index in [1.807, 2.05) is 0 Å². The van der Waals surface area contributed by atoms with Crippen molar-refractivity contribution in [1.82, 2.24) is 0 Å². The number of esters is 1. The fraction of sp³-hybridized carbons (Fsp3) is 0.800. The summed E-state index contributed by atoms with van der Waals surface area (Å²) in [6, 6.07) is 0. The zero-order valence-electron chi connectivity index (χ0n) is 5.57. The quantitative estimate of drug-likeness (QED) is 0.444. The molecule has 0 bridgehead atoms. The van der Waals surface area contributed by atoms with Crippen LogP contribution >= 0.6 is 8.03 Å². The molecule has 0 saturated carbocycles. The maximum atomic E-state index is 10.9. The molecule has 0 aliphatic carbocycles. The monoisotopic (exact) mass is 163 g/mol. The minimum absolute atomic E-state index is 0.225. The first-order valence-electron chi connectivity index (χ1n) is 2.90. The first-order chi connectivity index (χ1) is 4.74. The lowest BCUT2D eigenvalue weighted by Crippen LogP contribution is -2.00. The number of carbonyl (C=O) groups is 1. The highest BCUT2D eigenvalue weighted by Crippen LogP contribution is 2.33. The second-order valence-corrected chi connectivity index (χ2v) is 3.68. The van der Waals surface area contributed by atoms with Crippen LogP contribution in [-0.2, 0) is 18.6 Å². The Balaban J connectivity index is 2.44. The van der Waals surface area contributed by atoms with E-state index < -0.39 is 8.03 Å². The van der Waals surface area contributed by atoms with Crippen LogP contribution in [0.2, 0.25) is 0 Å². The Morgan fingerprint density at radius 3 is 2.90 bits per heavy atom. The van der Waals surface area contributed by atoms with Gasteiger partial charge in [-0.3, -0.25) is 4.79 Å². The number of carbonyl (C=O) groups excluding carboxylic acids is 1. The number of hydrogen-bond donors (Lipinski definition) is 0. The number of ether oxygens (including phenoxy) is 1. The molecule has 10 heavy (non-hydrogen) atoms. The summed E-state index contributed by atoms with van der Waals surface area (Å²) in [5.41, 5.74) is -0.229. The molecule has 4 nitrogen and oxygen atoms in total. The standard InChI is InChI=1S/C5H8O4P/c1-8-10(7)4-2-5(6)9-3-4/h4H,2-3H2,1H3/q+1.